The second-order valence-corrected chi connectivity index (χ2v) is 10.7. The number of carbonyl (C=O) groups excluding carboxylic acids is 2. The lowest BCUT2D eigenvalue weighted by Crippen LogP contribution is -2.51. The summed E-state index contributed by atoms with van der Waals surface area (Å²) in [7, 11) is 0. The maximum absolute atomic E-state index is 14.1. The third-order valence-electron chi connectivity index (χ3n) is 7.33. The number of halogens is 2. The molecule has 1 unspecified atom stereocenters. The van der Waals surface area contributed by atoms with Gasteiger partial charge in [-0.15, -0.1) is 0 Å². The predicted molar refractivity (Wildman–Crippen MR) is 150 cm³/mol. The SMILES string of the molecule is CCCN(CCC)C(=O)C1=CC(C)=CC(C(N)=O)([C@H](Cc2cc(F)cc(F)c2)[C@@H](O)CNCc2ccc(C)o2)C1. The van der Waals surface area contributed by atoms with Crippen LogP contribution in [0, 0.1) is 29.9 Å². The van der Waals surface area contributed by atoms with Crippen LogP contribution in [0.4, 0.5) is 8.78 Å². The number of nitrogens with two attached hydrogens (primary N) is 1. The summed E-state index contributed by atoms with van der Waals surface area (Å²) in [5.41, 5.74) is 5.94. The number of hydrogen-bond donors (Lipinski definition) is 3. The number of aliphatic hydroxyl groups excluding tert-OH is 1. The Bertz CT molecular complexity index is 1230. The molecule has 3 atom stereocenters. The van der Waals surface area contributed by atoms with Gasteiger partial charge in [-0.1, -0.05) is 31.6 Å². The van der Waals surface area contributed by atoms with Gasteiger partial charge in [-0.2, -0.15) is 0 Å². The molecule has 0 aliphatic heterocycles. The minimum atomic E-state index is -1.47. The molecule has 9 heteroatoms. The van der Waals surface area contributed by atoms with Crippen LogP contribution in [0.3, 0.4) is 0 Å². The number of allylic oxidation sites excluding steroid dienone is 2. The lowest BCUT2D eigenvalue weighted by atomic mass is 9.63. The van der Waals surface area contributed by atoms with Gasteiger partial charge in [0.05, 0.1) is 18.1 Å². The second-order valence-electron chi connectivity index (χ2n) is 10.7. The Labute approximate surface area is 235 Å². The number of rotatable bonds is 14. The molecule has 7 nitrogen and oxygen atoms in total. The van der Waals surface area contributed by atoms with E-state index in [4.69, 9.17) is 10.2 Å². The van der Waals surface area contributed by atoms with E-state index >= 15 is 0 Å². The Balaban J connectivity index is 1.98. The Hall–Kier alpha value is -3.30. The van der Waals surface area contributed by atoms with Crippen LogP contribution in [0.1, 0.15) is 57.1 Å². The fourth-order valence-corrected chi connectivity index (χ4v) is 5.62. The summed E-state index contributed by atoms with van der Waals surface area (Å²) >= 11 is 0. The van der Waals surface area contributed by atoms with E-state index in [0.29, 0.717) is 36.5 Å². The van der Waals surface area contributed by atoms with Crippen LogP contribution in [-0.2, 0) is 22.6 Å². The first kappa shape index (κ1) is 31.2. The highest BCUT2D eigenvalue weighted by molar-refractivity contribution is 5.96. The van der Waals surface area contributed by atoms with Crippen LogP contribution < -0.4 is 11.1 Å². The summed E-state index contributed by atoms with van der Waals surface area (Å²) in [5, 5.41) is 14.7. The molecule has 4 N–H and O–H groups in total. The van der Waals surface area contributed by atoms with Crippen molar-refractivity contribution in [1.29, 1.82) is 0 Å². The molecular weight excluding hydrogens is 516 g/mol. The van der Waals surface area contributed by atoms with Crippen molar-refractivity contribution in [3.8, 4) is 0 Å². The molecule has 0 saturated heterocycles. The van der Waals surface area contributed by atoms with Crippen LogP contribution in [0.15, 0.2) is 58.0 Å². The van der Waals surface area contributed by atoms with Gasteiger partial charge in [0.25, 0.3) is 0 Å². The minimum absolute atomic E-state index is 0.0284. The number of nitrogens with one attached hydrogen (secondary N) is 1. The molecule has 1 heterocycles. The van der Waals surface area contributed by atoms with E-state index in [2.05, 4.69) is 5.32 Å². The molecule has 2 aromatic rings. The van der Waals surface area contributed by atoms with Crippen molar-refractivity contribution >= 4 is 11.8 Å². The smallest absolute Gasteiger partial charge is 0.249 e. The van der Waals surface area contributed by atoms with E-state index in [-0.39, 0.29) is 30.9 Å². The lowest BCUT2D eigenvalue weighted by Gasteiger charge is -2.42. The van der Waals surface area contributed by atoms with E-state index in [0.717, 1.165) is 24.7 Å². The van der Waals surface area contributed by atoms with Crippen LogP contribution in [0.2, 0.25) is 0 Å². The molecule has 0 saturated carbocycles. The number of carbonyl (C=O) groups is 2. The van der Waals surface area contributed by atoms with Gasteiger partial charge in [-0.25, -0.2) is 8.78 Å². The number of furan rings is 1. The molecule has 1 aromatic heterocycles. The monoisotopic (exact) mass is 557 g/mol. The molecule has 1 aliphatic rings. The number of aliphatic hydroxyl groups is 1. The van der Waals surface area contributed by atoms with Gasteiger partial charge < -0.3 is 25.5 Å². The van der Waals surface area contributed by atoms with Crippen LogP contribution in [0.5, 0.6) is 0 Å². The Morgan fingerprint density at radius 2 is 1.77 bits per heavy atom. The number of primary amides is 1. The summed E-state index contributed by atoms with van der Waals surface area (Å²) in [6, 6.07) is 6.79. The quantitative estimate of drug-likeness (QED) is 0.315. The highest BCUT2D eigenvalue weighted by Gasteiger charge is 2.48. The van der Waals surface area contributed by atoms with Crippen molar-refractivity contribution in [3.05, 3.63) is 82.3 Å². The normalized spacial score (nSPS) is 18.6. The van der Waals surface area contributed by atoms with Crippen LogP contribution in [-0.4, -0.2) is 47.6 Å². The molecule has 1 aromatic carbocycles. The van der Waals surface area contributed by atoms with E-state index in [1.165, 1.54) is 12.1 Å². The lowest BCUT2D eigenvalue weighted by molar-refractivity contribution is -0.132. The number of amides is 2. The standard InChI is InChI=1S/C31H41F2N3O4/c1-5-9-36(10-6-2)29(38)23-11-20(3)16-31(17-23,30(34)39)27(14-22-12-24(32)15-25(33)13-22)28(37)19-35-18-26-8-7-21(4)40-26/h7-8,11-13,15-16,27-28,35,37H,5-6,9-10,14,17-19H2,1-4H3,(H2,34,39)/t27-,28+,31?/m1/s1. The Kier molecular flexibility index (Phi) is 10.8. The van der Waals surface area contributed by atoms with E-state index < -0.39 is 35.0 Å². The summed E-state index contributed by atoms with van der Waals surface area (Å²) in [4.78, 5) is 28.7. The average molecular weight is 558 g/mol. The van der Waals surface area contributed by atoms with E-state index in [9.17, 15) is 23.5 Å². The highest BCUT2D eigenvalue weighted by Crippen LogP contribution is 2.44. The number of benzene rings is 1. The summed E-state index contributed by atoms with van der Waals surface area (Å²) in [6.45, 7) is 9.11. The second kappa shape index (κ2) is 13.9. The molecule has 0 spiro atoms. The van der Waals surface area contributed by atoms with Gasteiger partial charge in [-0.3, -0.25) is 9.59 Å². The van der Waals surface area contributed by atoms with Gasteiger partial charge in [0.2, 0.25) is 11.8 Å². The van der Waals surface area contributed by atoms with E-state index in [1.807, 2.05) is 32.9 Å². The first-order chi connectivity index (χ1) is 19.0. The molecular formula is C31H41F2N3O4. The number of hydrogen-bond acceptors (Lipinski definition) is 5. The summed E-state index contributed by atoms with van der Waals surface area (Å²) in [5.74, 6) is -1.89. The summed E-state index contributed by atoms with van der Waals surface area (Å²) < 4.78 is 33.9. The number of aryl methyl sites for hydroxylation is 1. The zero-order chi connectivity index (χ0) is 29.4. The third kappa shape index (κ3) is 7.67. The first-order valence-corrected chi connectivity index (χ1v) is 13.9. The molecule has 0 radical (unpaired) electrons. The predicted octanol–water partition coefficient (Wildman–Crippen LogP) is 4.57. The van der Waals surface area contributed by atoms with Crippen molar-refractivity contribution in [3.63, 3.8) is 0 Å². The molecule has 3 rings (SSSR count). The van der Waals surface area contributed by atoms with Gasteiger partial charge in [-0.05, 0) is 69.4 Å². The fraction of sp³-hybridized carbons (Fsp3) is 0.484. The third-order valence-corrected chi connectivity index (χ3v) is 7.33. The molecule has 0 bridgehead atoms. The van der Waals surface area contributed by atoms with Gasteiger partial charge in [0.15, 0.2) is 0 Å². The first-order valence-electron chi connectivity index (χ1n) is 13.9. The molecule has 2 amide bonds. The minimum Gasteiger partial charge on any atom is -0.465 e. The van der Waals surface area contributed by atoms with E-state index in [1.54, 1.807) is 24.0 Å². The van der Waals surface area contributed by atoms with Crippen LogP contribution >= 0.6 is 0 Å². The van der Waals surface area contributed by atoms with Crippen molar-refractivity contribution in [1.82, 2.24) is 10.2 Å². The van der Waals surface area contributed by atoms with Crippen LogP contribution in [0.25, 0.3) is 0 Å². The Morgan fingerprint density at radius 1 is 1.12 bits per heavy atom. The van der Waals surface area contributed by atoms with Crippen molar-refractivity contribution in [2.24, 2.45) is 17.1 Å². The highest BCUT2D eigenvalue weighted by atomic mass is 19.1. The zero-order valence-electron chi connectivity index (χ0n) is 23.8. The molecule has 1 aliphatic carbocycles. The van der Waals surface area contributed by atoms with Gasteiger partial charge in [0.1, 0.15) is 23.2 Å². The molecule has 40 heavy (non-hydrogen) atoms. The van der Waals surface area contributed by atoms with Crippen molar-refractivity contribution < 1.29 is 27.9 Å². The van der Waals surface area contributed by atoms with Gasteiger partial charge >= 0.3 is 0 Å². The van der Waals surface area contributed by atoms with Crippen molar-refractivity contribution in [2.45, 2.75) is 66.0 Å². The Morgan fingerprint density at radius 3 is 2.33 bits per heavy atom. The number of nitrogens with zero attached hydrogens (tertiary/aromatic N) is 1. The van der Waals surface area contributed by atoms with Gasteiger partial charge in [0, 0.05) is 37.2 Å². The molecule has 218 valence electrons. The topological polar surface area (TPSA) is 109 Å². The molecule has 0 fully saturated rings. The average Bonchev–Trinajstić information content (AvgIpc) is 3.30. The fourth-order valence-electron chi connectivity index (χ4n) is 5.62. The maximum Gasteiger partial charge on any atom is 0.249 e. The maximum atomic E-state index is 14.1. The van der Waals surface area contributed by atoms with Crippen molar-refractivity contribution in [2.75, 3.05) is 19.6 Å². The summed E-state index contributed by atoms with van der Waals surface area (Å²) in [6.07, 6.45) is 3.78. The largest absolute Gasteiger partial charge is 0.465 e. The zero-order valence-corrected chi connectivity index (χ0v) is 23.8.